The first-order valence-electron chi connectivity index (χ1n) is 5.58. The maximum atomic E-state index is 10.7. The number of carbonyl (C=O) groups excluding carboxylic acids is 2. The predicted octanol–water partition coefficient (Wildman–Crippen LogP) is -0.158. The molecule has 2 N–H and O–H groups in total. The SMILES string of the molecule is CC(=O)N[C@@H](CO)COCC[C@@H](C)OC(C)=O. The van der Waals surface area contributed by atoms with E-state index in [0.717, 1.165) is 0 Å². The van der Waals surface area contributed by atoms with Crippen molar-refractivity contribution in [3.05, 3.63) is 0 Å². The van der Waals surface area contributed by atoms with Crippen LogP contribution >= 0.6 is 0 Å². The largest absolute Gasteiger partial charge is 0.463 e. The molecule has 0 aliphatic rings. The molecule has 1 amide bonds. The Morgan fingerprint density at radius 3 is 2.47 bits per heavy atom. The summed E-state index contributed by atoms with van der Waals surface area (Å²) in [6.45, 7) is 5.00. The fraction of sp³-hybridized carbons (Fsp3) is 0.818. The van der Waals surface area contributed by atoms with Gasteiger partial charge in [-0.2, -0.15) is 0 Å². The van der Waals surface area contributed by atoms with E-state index < -0.39 is 6.04 Å². The summed E-state index contributed by atoms with van der Waals surface area (Å²) in [6.07, 6.45) is 0.387. The molecule has 0 heterocycles. The van der Waals surface area contributed by atoms with Gasteiger partial charge in [0.2, 0.25) is 5.91 Å². The third-order valence-electron chi connectivity index (χ3n) is 1.98. The predicted molar refractivity (Wildman–Crippen MR) is 61.4 cm³/mol. The molecule has 0 rings (SSSR count). The molecule has 0 fully saturated rings. The van der Waals surface area contributed by atoms with E-state index >= 15 is 0 Å². The number of ether oxygens (including phenoxy) is 2. The highest BCUT2D eigenvalue weighted by Gasteiger charge is 2.09. The molecule has 6 heteroatoms. The van der Waals surface area contributed by atoms with Gasteiger partial charge in [-0.25, -0.2) is 0 Å². The van der Waals surface area contributed by atoms with Gasteiger partial charge in [-0.3, -0.25) is 9.59 Å². The first-order valence-corrected chi connectivity index (χ1v) is 5.58. The number of aliphatic hydroxyl groups excluding tert-OH is 1. The Hall–Kier alpha value is -1.14. The van der Waals surface area contributed by atoms with Gasteiger partial charge in [-0.1, -0.05) is 0 Å². The Morgan fingerprint density at radius 1 is 1.35 bits per heavy atom. The average molecular weight is 247 g/mol. The second-order valence-electron chi connectivity index (χ2n) is 3.86. The van der Waals surface area contributed by atoms with Crippen molar-refractivity contribution in [1.29, 1.82) is 0 Å². The number of amides is 1. The van der Waals surface area contributed by atoms with E-state index in [1.165, 1.54) is 13.8 Å². The zero-order chi connectivity index (χ0) is 13.3. The zero-order valence-corrected chi connectivity index (χ0v) is 10.6. The molecule has 17 heavy (non-hydrogen) atoms. The molecular weight excluding hydrogens is 226 g/mol. The minimum Gasteiger partial charge on any atom is -0.463 e. The summed E-state index contributed by atoms with van der Waals surface area (Å²) < 4.78 is 10.2. The Labute approximate surface area is 101 Å². The number of rotatable bonds is 8. The van der Waals surface area contributed by atoms with Crippen LogP contribution in [0.25, 0.3) is 0 Å². The lowest BCUT2D eigenvalue weighted by atomic mass is 10.3. The van der Waals surface area contributed by atoms with Gasteiger partial charge < -0.3 is 19.9 Å². The highest BCUT2D eigenvalue weighted by molar-refractivity contribution is 5.73. The molecule has 0 aromatic heterocycles. The smallest absolute Gasteiger partial charge is 0.302 e. The summed E-state index contributed by atoms with van der Waals surface area (Å²) >= 11 is 0. The van der Waals surface area contributed by atoms with Gasteiger partial charge >= 0.3 is 5.97 Å². The van der Waals surface area contributed by atoms with Gasteiger partial charge in [0.1, 0.15) is 6.10 Å². The summed E-state index contributed by atoms with van der Waals surface area (Å²) in [7, 11) is 0. The molecule has 0 spiro atoms. The quantitative estimate of drug-likeness (QED) is 0.460. The van der Waals surface area contributed by atoms with E-state index in [1.807, 2.05) is 0 Å². The summed E-state index contributed by atoms with van der Waals surface area (Å²) in [4.78, 5) is 21.4. The maximum Gasteiger partial charge on any atom is 0.302 e. The van der Waals surface area contributed by atoms with E-state index in [0.29, 0.717) is 13.0 Å². The van der Waals surface area contributed by atoms with Gasteiger partial charge in [-0.05, 0) is 6.92 Å². The molecule has 100 valence electrons. The fourth-order valence-corrected chi connectivity index (χ4v) is 1.24. The fourth-order valence-electron chi connectivity index (χ4n) is 1.24. The minimum absolute atomic E-state index is 0.168. The lowest BCUT2D eigenvalue weighted by Crippen LogP contribution is -2.39. The third kappa shape index (κ3) is 9.77. The average Bonchev–Trinajstić information content (AvgIpc) is 2.20. The van der Waals surface area contributed by atoms with Gasteiger partial charge in [0.25, 0.3) is 0 Å². The standard InChI is InChI=1S/C11H21NO5/c1-8(17-10(3)15)4-5-16-7-11(6-13)12-9(2)14/h8,11,13H,4-7H2,1-3H3,(H,12,14)/t8-,11+/m1/s1. The van der Waals surface area contributed by atoms with E-state index in [2.05, 4.69) is 5.32 Å². The first-order chi connectivity index (χ1) is 7.95. The molecule has 0 saturated heterocycles. The summed E-state index contributed by atoms with van der Waals surface area (Å²) in [5.74, 6) is -0.523. The molecule has 2 atom stereocenters. The molecular formula is C11H21NO5. The Morgan fingerprint density at radius 2 is 2.00 bits per heavy atom. The van der Waals surface area contributed by atoms with Crippen molar-refractivity contribution in [1.82, 2.24) is 5.32 Å². The van der Waals surface area contributed by atoms with Crippen LogP contribution in [-0.2, 0) is 19.1 Å². The number of esters is 1. The second kappa shape index (κ2) is 8.95. The number of aliphatic hydroxyl groups is 1. The third-order valence-corrected chi connectivity index (χ3v) is 1.98. The van der Waals surface area contributed by atoms with Crippen LogP contribution in [0.1, 0.15) is 27.2 Å². The monoisotopic (exact) mass is 247 g/mol. The molecule has 0 bridgehead atoms. The number of carbonyl (C=O) groups is 2. The van der Waals surface area contributed by atoms with Crippen molar-refractivity contribution < 1.29 is 24.2 Å². The van der Waals surface area contributed by atoms with Crippen molar-refractivity contribution in [2.45, 2.75) is 39.3 Å². The van der Waals surface area contributed by atoms with Crippen LogP contribution < -0.4 is 5.32 Å². The molecule has 0 unspecified atom stereocenters. The number of nitrogens with one attached hydrogen (secondary N) is 1. The topological polar surface area (TPSA) is 84.9 Å². The molecule has 0 aliphatic heterocycles. The van der Waals surface area contributed by atoms with Crippen molar-refractivity contribution in [2.75, 3.05) is 19.8 Å². The van der Waals surface area contributed by atoms with E-state index in [4.69, 9.17) is 14.6 Å². The van der Waals surface area contributed by atoms with E-state index in [-0.39, 0.29) is 31.2 Å². The highest BCUT2D eigenvalue weighted by atomic mass is 16.5. The zero-order valence-electron chi connectivity index (χ0n) is 10.6. The minimum atomic E-state index is -0.392. The van der Waals surface area contributed by atoms with Crippen LogP contribution in [-0.4, -0.2) is 48.9 Å². The lowest BCUT2D eigenvalue weighted by molar-refractivity contribution is -0.146. The second-order valence-corrected chi connectivity index (χ2v) is 3.86. The van der Waals surface area contributed by atoms with Crippen LogP contribution in [0.4, 0.5) is 0 Å². The molecule has 0 saturated carbocycles. The van der Waals surface area contributed by atoms with Crippen molar-refractivity contribution in [2.24, 2.45) is 0 Å². The molecule has 0 aliphatic carbocycles. The number of hydrogen-bond donors (Lipinski definition) is 2. The van der Waals surface area contributed by atoms with Crippen molar-refractivity contribution >= 4 is 11.9 Å². The van der Waals surface area contributed by atoms with Crippen LogP contribution in [0.5, 0.6) is 0 Å². The van der Waals surface area contributed by atoms with Crippen molar-refractivity contribution in [3.63, 3.8) is 0 Å². The van der Waals surface area contributed by atoms with Crippen LogP contribution in [0, 0.1) is 0 Å². The molecule has 6 nitrogen and oxygen atoms in total. The van der Waals surface area contributed by atoms with Crippen molar-refractivity contribution in [3.8, 4) is 0 Å². The van der Waals surface area contributed by atoms with Gasteiger partial charge in [0.05, 0.1) is 25.9 Å². The summed E-state index contributed by atoms with van der Waals surface area (Å²) in [6, 6.07) is -0.392. The Balaban J connectivity index is 3.61. The van der Waals surface area contributed by atoms with E-state index in [1.54, 1.807) is 6.92 Å². The normalized spacial score (nSPS) is 13.9. The lowest BCUT2D eigenvalue weighted by Gasteiger charge is -2.16. The summed E-state index contributed by atoms with van der Waals surface area (Å²) in [5.41, 5.74) is 0. The van der Waals surface area contributed by atoms with Gasteiger partial charge in [0, 0.05) is 20.3 Å². The summed E-state index contributed by atoms with van der Waals surface area (Å²) in [5, 5.41) is 11.5. The van der Waals surface area contributed by atoms with Crippen LogP contribution in [0.3, 0.4) is 0 Å². The number of hydrogen-bond acceptors (Lipinski definition) is 5. The van der Waals surface area contributed by atoms with E-state index in [9.17, 15) is 9.59 Å². The Bertz CT molecular complexity index is 244. The first kappa shape index (κ1) is 15.9. The van der Waals surface area contributed by atoms with Crippen LogP contribution in [0.2, 0.25) is 0 Å². The highest BCUT2D eigenvalue weighted by Crippen LogP contribution is 1.98. The maximum absolute atomic E-state index is 10.7. The van der Waals surface area contributed by atoms with Gasteiger partial charge in [0.15, 0.2) is 0 Å². The van der Waals surface area contributed by atoms with Gasteiger partial charge in [-0.15, -0.1) is 0 Å². The van der Waals surface area contributed by atoms with Crippen LogP contribution in [0.15, 0.2) is 0 Å². The Kier molecular flexibility index (Phi) is 8.35. The molecule has 0 radical (unpaired) electrons. The molecule has 0 aromatic carbocycles. The molecule has 0 aromatic rings.